The molecule has 0 saturated carbocycles. The number of aliphatic imine (C=N–C) groups is 1. The van der Waals surface area contributed by atoms with Gasteiger partial charge < -0.3 is 14.8 Å². The van der Waals surface area contributed by atoms with E-state index in [4.69, 9.17) is 9.47 Å². The van der Waals surface area contributed by atoms with Crippen molar-refractivity contribution in [2.45, 2.75) is 26.7 Å². The Bertz CT molecular complexity index is 403. The van der Waals surface area contributed by atoms with E-state index in [1.165, 1.54) is 5.57 Å². The Labute approximate surface area is 126 Å². The highest BCUT2D eigenvalue weighted by molar-refractivity contribution is 5.76. The number of hydrogen-bond acceptors (Lipinski definition) is 4. The Morgan fingerprint density at radius 3 is 2.81 bits per heavy atom. The summed E-state index contributed by atoms with van der Waals surface area (Å²) in [5.74, 6) is 0.549. The van der Waals surface area contributed by atoms with Gasteiger partial charge in [0.05, 0.1) is 19.8 Å². The molecule has 0 aromatic rings. The summed E-state index contributed by atoms with van der Waals surface area (Å²) in [6.45, 7) is 6.76. The third-order valence-corrected chi connectivity index (χ3v) is 2.86. The van der Waals surface area contributed by atoms with Gasteiger partial charge in [-0.2, -0.15) is 0 Å². The maximum absolute atomic E-state index is 11.7. The second-order valence-electron chi connectivity index (χ2n) is 4.44. The molecule has 6 heteroatoms. The molecule has 0 radical (unpaired) electrons. The van der Waals surface area contributed by atoms with Gasteiger partial charge in [-0.15, -0.1) is 0 Å². The standard InChI is InChI=1S/C15H25N3O3/c1-3-13-5-6-14(16-8-7-13)18-15(19)17-9-10-21-12-11-20-4-2/h5-6,8H,3-4,7,9-12H2,1-2H3,(H2,17,18,19). The SMILES string of the molecule is CCOCCOCCNC(=O)NC1=CC=C(CC)CC=N1. The molecule has 1 aliphatic rings. The summed E-state index contributed by atoms with van der Waals surface area (Å²) in [7, 11) is 0. The maximum atomic E-state index is 11.7. The van der Waals surface area contributed by atoms with Crippen molar-refractivity contribution in [3.8, 4) is 0 Å². The first-order valence-corrected chi connectivity index (χ1v) is 7.38. The van der Waals surface area contributed by atoms with E-state index in [0.29, 0.717) is 38.8 Å². The summed E-state index contributed by atoms with van der Waals surface area (Å²) in [4.78, 5) is 15.9. The number of hydrogen-bond donors (Lipinski definition) is 2. The first-order valence-electron chi connectivity index (χ1n) is 7.38. The number of carbonyl (C=O) groups is 1. The van der Waals surface area contributed by atoms with Gasteiger partial charge in [-0.1, -0.05) is 18.6 Å². The number of rotatable bonds is 9. The largest absolute Gasteiger partial charge is 0.379 e. The van der Waals surface area contributed by atoms with Crippen LogP contribution < -0.4 is 10.6 Å². The predicted octanol–water partition coefficient (Wildman–Crippen LogP) is 1.99. The van der Waals surface area contributed by atoms with Crippen LogP contribution in [0.4, 0.5) is 4.79 Å². The lowest BCUT2D eigenvalue weighted by Gasteiger charge is -2.08. The molecule has 0 fully saturated rings. The van der Waals surface area contributed by atoms with Gasteiger partial charge in [-0.25, -0.2) is 9.79 Å². The van der Waals surface area contributed by atoms with Crippen LogP contribution in [-0.4, -0.2) is 45.2 Å². The Kier molecular flexibility index (Phi) is 9.15. The summed E-state index contributed by atoms with van der Waals surface area (Å²) in [5, 5.41) is 5.42. The predicted molar refractivity (Wildman–Crippen MR) is 83.4 cm³/mol. The number of urea groups is 1. The van der Waals surface area contributed by atoms with Crippen molar-refractivity contribution in [2.75, 3.05) is 33.0 Å². The van der Waals surface area contributed by atoms with E-state index < -0.39 is 0 Å². The molecular weight excluding hydrogens is 270 g/mol. The van der Waals surface area contributed by atoms with Crippen molar-refractivity contribution in [1.82, 2.24) is 10.6 Å². The lowest BCUT2D eigenvalue weighted by molar-refractivity contribution is 0.0546. The quantitative estimate of drug-likeness (QED) is 0.639. The van der Waals surface area contributed by atoms with Crippen LogP contribution in [0.1, 0.15) is 26.7 Å². The molecule has 1 heterocycles. The third-order valence-electron chi connectivity index (χ3n) is 2.86. The average molecular weight is 295 g/mol. The first-order chi connectivity index (χ1) is 10.3. The summed E-state index contributed by atoms with van der Waals surface area (Å²) in [6.07, 6.45) is 7.44. The van der Waals surface area contributed by atoms with Crippen molar-refractivity contribution in [3.05, 3.63) is 23.5 Å². The van der Waals surface area contributed by atoms with Crippen LogP contribution in [0.25, 0.3) is 0 Å². The van der Waals surface area contributed by atoms with Gasteiger partial charge in [0.2, 0.25) is 0 Å². The lowest BCUT2D eigenvalue weighted by atomic mass is 10.1. The second-order valence-corrected chi connectivity index (χ2v) is 4.44. The summed E-state index contributed by atoms with van der Waals surface area (Å²) >= 11 is 0. The van der Waals surface area contributed by atoms with Crippen LogP contribution in [0, 0.1) is 0 Å². The van der Waals surface area contributed by atoms with Crippen molar-refractivity contribution in [1.29, 1.82) is 0 Å². The molecule has 118 valence electrons. The molecule has 0 aromatic heterocycles. The van der Waals surface area contributed by atoms with E-state index in [-0.39, 0.29) is 6.03 Å². The summed E-state index contributed by atoms with van der Waals surface area (Å²) < 4.78 is 10.4. The van der Waals surface area contributed by atoms with Crippen LogP contribution in [0.3, 0.4) is 0 Å². The fraction of sp³-hybridized carbons (Fsp3) is 0.600. The Morgan fingerprint density at radius 2 is 2.05 bits per heavy atom. The zero-order valence-corrected chi connectivity index (χ0v) is 12.9. The average Bonchev–Trinajstić information content (AvgIpc) is 2.71. The van der Waals surface area contributed by atoms with Gasteiger partial charge in [0.1, 0.15) is 5.82 Å². The molecule has 0 atom stereocenters. The smallest absolute Gasteiger partial charge is 0.320 e. The minimum Gasteiger partial charge on any atom is -0.379 e. The van der Waals surface area contributed by atoms with Crippen LogP contribution in [0.2, 0.25) is 0 Å². The Balaban J connectivity index is 2.16. The van der Waals surface area contributed by atoms with Crippen LogP contribution in [-0.2, 0) is 9.47 Å². The zero-order valence-electron chi connectivity index (χ0n) is 12.9. The summed E-state index contributed by atoms with van der Waals surface area (Å²) in [6, 6.07) is -0.278. The van der Waals surface area contributed by atoms with Crippen molar-refractivity contribution < 1.29 is 14.3 Å². The van der Waals surface area contributed by atoms with Gasteiger partial charge in [0.15, 0.2) is 0 Å². The zero-order chi connectivity index (χ0) is 15.3. The van der Waals surface area contributed by atoms with Crippen LogP contribution in [0.5, 0.6) is 0 Å². The summed E-state index contributed by atoms with van der Waals surface area (Å²) in [5.41, 5.74) is 1.29. The van der Waals surface area contributed by atoms with Crippen molar-refractivity contribution in [2.24, 2.45) is 4.99 Å². The number of nitrogens with zero attached hydrogens (tertiary/aromatic N) is 1. The molecule has 1 aliphatic heterocycles. The molecule has 0 saturated heterocycles. The molecule has 0 aromatic carbocycles. The van der Waals surface area contributed by atoms with Crippen LogP contribution >= 0.6 is 0 Å². The molecule has 1 rings (SSSR count). The number of nitrogens with one attached hydrogen (secondary N) is 2. The van der Waals surface area contributed by atoms with E-state index in [1.807, 2.05) is 25.3 Å². The van der Waals surface area contributed by atoms with E-state index in [0.717, 1.165) is 12.8 Å². The van der Waals surface area contributed by atoms with E-state index in [9.17, 15) is 4.79 Å². The molecule has 0 spiro atoms. The molecule has 21 heavy (non-hydrogen) atoms. The second kappa shape index (κ2) is 11.0. The molecule has 6 nitrogen and oxygen atoms in total. The minimum absolute atomic E-state index is 0.278. The lowest BCUT2D eigenvalue weighted by Crippen LogP contribution is -2.36. The first kappa shape index (κ1) is 17.4. The van der Waals surface area contributed by atoms with Crippen LogP contribution in [0.15, 0.2) is 28.5 Å². The van der Waals surface area contributed by atoms with Crippen molar-refractivity contribution >= 4 is 12.2 Å². The minimum atomic E-state index is -0.278. The van der Waals surface area contributed by atoms with Gasteiger partial charge >= 0.3 is 6.03 Å². The molecule has 0 bridgehead atoms. The van der Waals surface area contributed by atoms with Gasteiger partial charge in [0, 0.05) is 25.8 Å². The fourth-order valence-electron chi connectivity index (χ4n) is 1.67. The molecule has 0 aliphatic carbocycles. The monoisotopic (exact) mass is 295 g/mol. The normalized spacial score (nSPS) is 14.2. The Morgan fingerprint density at radius 1 is 1.24 bits per heavy atom. The highest BCUT2D eigenvalue weighted by Gasteiger charge is 2.04. The van der Waals surface area contributed by atoms with Crippen molar-refractivity contribution in [3.63, 3.8) is 0 Å². The molecule has 2 amide bonds. The van der Waals surface area contributed by atoms with E-state index in [1.54, 1.807) is 0 Å². The number of carbonyl (C=O) groups excluding carboxylic acids is 1. The van der Waals surface area contributed by atoms with E-state index in [2.05, 4.69) is 22.5 Å². The number of amides is 2. The molecule has 2 N–H and O–H groups in total. The number of ether oxygens (including phenoxy) is 2. The highest BCUT2D eigenvalue weighted by atomic mass is 16.5. The number of allylic oxidation sites excluding steroid dienone is 3. The third kappa shape index (κ3) is 8.27. The molecular formula is C15H25N3O3. The fourth-order valence-corrected chi connectivity index (χ4v) is 1.67. The highest BCUT2D eigenvalue weighted by Crippen LogP contribution is 2.09. The molecule has 0 unspecified atom stereocenters. The van der Waals surface area contributed by atoms with Gasteiger partial charge in [-0.05, 0) is 19.4 Å². The topological polar surface area (TPSA) is 72.0 Å². The van der Waals surface area contributed by atoms with E-state index >= 15 is 0 Å². The van der Waals surface area contributed by atoms with Gasteiger partial charge in [-0.3, -0.25) is 5.32 Å². The van der Waals surface area contributed by atoms with Gasteiger partial charge in [0.25, 0.3) is 0 Å². The Hall–Kier alpha value is -1.66. The maximum Gasteiger partial charge on any atom is 0.320 e.